The summed E-state index contributed by atoms with van der Waals surface area (Å²) in [4.78, 5) is 11.3. The van der Waals surface area contributed by atoms with E-state index in [9.17, 15) is 22.0 Å². The van der Waals surface area contributed by atoms with Crippen LogP contribution in [0.1, 0.15) is 18.9 Å². The molecule has 1 aromatic carbocycles. The average molecular weight is 296 g/mol. The molecule has 18 heavy (non-hydrogen) atoms. The summed E-state index contributed by atoms with van der Waals surface area (Å²) in [6.07, 6.45) is -0.251. The summed E-state index contributed by atoms with van der Waals surface area (Å²) in [5.74, 6) is -3.05. The Bertz CT molecular complexity index is 634. The molecule has 0 bridgehead atoms. The van der Waals surface area contributed by atoms with E-state index < -0.39 is 32.3 Å². The number of amides is 1. The lowest BCUT2D eigenvalue weighted by molar-refractivity contribution is -0.144. The summed E-state index contributed by atoms with van der Waals surface area (Å²) in [6.45, 7) is 1.31. The SMILES string of the molecule is CC1(c2cccc(F)c2F)CC(=O)N1S(=O)(=O)Cl. The predicted octanol–water partition coefficient (Wildman–Crippen LogP) is 1.90. The zero-order valence-corrected chi connectivity index (χ0v) is 10.7. The second-order valence-electron chi connectivity index (χ2n) is 4.15. The lowest BCUT2D eigenvalue weighted by atomic mass is 9.81. The first kappa shape index (κ1) is 13.2. The molecule has 1 unspecified atom stereocenters. The largest absolute Gasteiger partial charge is 0.324 e. The second kappa shape index (κ2) is 3.89. The van der Waals surface area contributed by atoms with Gasteiger partial charge in [0.05, 0.1) is 12.0 Å². The van der Waals surface area contributed by atoms with Crippen molar-refractivity contribution in [3.8, 4) is 0 Å². The number of carbonyl (C=O) groups excluding carboxylic acids is 1. The average Bonchev–Trinajstić information content (AvgIpc) is 2.18. The number of benzene rings is 1. The van der Waals surface area contributed by atoms with Crippen molar-refractivity contribution >= 4 is 25.8 Å². The molecule has 0 aromatic heterocycles. The third kappa shape index (κ3) is 1.78. The van der Waals surface area contributed by atoms with Crippen molar-refractivity contribution in [2.45, 2.75) is 18.9 Å². The van der Waals surface area contributed by atoms with Crippen molar-refractivity contribution in [3.63, 3.8) is 0 Å². The van der Waals surface area contributed by atoms with Crippen LogP contribution >= 0.6 is 10.7 Å². The Labute approximate surface area is 107 Å². The molecule has 1 aromatic rings. The summed E-state index contributed by atoms with van der Waals surface area (Å²) in [5.41, 5.74) is -1.70. The first-order valence-electron chi connectivity index (χ1n) is 4.90. The molecule has 0 aliphatic carbocycles. The van der Waals surface area contributed by atoms with Gasteiger partial charge >= 0.3 is 9.24 Å². The fraction of sp³-hybridized carbons (Fsp3) is 0.300. The number of rotatable bonds is 2. The summed E-state index contributed by atoms with van der Waals surface area (Å²) in [5, 5.41) is 0. The van der Waals surface area contributed by atoms with E-state index in [0.29, 0.717) is 4.31 Å². The van der Waals surface area contributed by atoms with Gasteiger partial charge in [0.25, 0.3) is 0 Å². The van der Waals surface area contributed by atoms with Crippen LogP contribution in [0, 0.1) is 11.6 Å². The van der Waals surface area contributed by atoms with E-state index in [0.717, 1.165) is 6.07 Å². The van der Waals surface area contributed by atoms with Gasteiger partial charge in [-0.05, 0) is 13.0 Å². The Morgan fingerprint density at radius 1 is 1.39 bits per heavy atom. The molecule has 1 saturated heterocycles. The lowest BCUT2D eigenvalue weighted by Gasteiger charge is -2.47. The fourth-order valence-electron chi connectivity index (χ4n) is 2.11. The molecule has 1 amide bonds. The maximum atomic E-state index is 13.7. The minimum atomic E-state index is -4.33. The van der Waals surface area contributed by atoms with Crippen LogP contribution < -0.4 is 0 Å². The third-order valence-electron chi connectivity index (χ3n) is 2.92. The highest BCUT2D eigenvalue weighted by Gasteiger charge is 2.55. The van der Waals surface area contributed by atoms with Gasteiger partial charge in [-0.2, -0.15) is 8.42 Å². The molecule has 0 spiro atoms. The number of β-lactam (4-membered cyclic amide) rings is 1. The molecule has 1 aliphatic rings. The summed E-state index contributed by atoms with van der Waals surface area (Å²) >= 11 is 0. The topological polar surface area (TPSA) is 54.5 Å². The van der Waals surface area contributed by atoms with Crippen LogP contribution in [0.3, 0.4) is 0 Å². The molecule has 0 radical (unpaired) electrons. The molecule has 98 valence electrons. The molecule has 8 heteroatoms. The number of halogens is 3. The number of nitrogens with zero attached hydrogens (tertiary/aromatic N) is 1. The number of carbonyl (C=O) groups is 1. The monoisotopic (exact) mass is 295 g/mol. The van der Waals surface area contributed by atoms with E-state index in [2.05, 4.69) is 0 Å². The molecule has 2 rings (SSSR count). The van der Waals surface area contributed by atoms with Crippen molar-refractivity contribution in [1.82, 2.24) is 4.31 Å². The quantitative estimate of drug-likeness (QED) is 0.618. The Kier molecular flexibility index (Phi) is 2.86. The lowest BCUT2D eigenvalue weighted by Crippen LogP contribution is -2.60. The van der Waals surface area contributed by atoms with E-state index in [1.165, 1.54) is 19.1 Å². The van der Waals surface area contributed by atoms with Gasteiger partial charge in [-0.3, -0.25) is 4.79 Å². The Morgan fingerprint density at radius 2 is 2.00 bits per heavy atom. The fourth-order valence-corrected chi connectivity index (χ4v) is 3.75. The van der Waals surface area contributed by atoms with Crippen LogP contribution in [0.4, 0.5) is 8.78 Å². The molecule has 1 fully saturated rings. The minimum Gasteiger partial charge on any atom is -0.274 e. The maximum absolute atomic E-state index is 13.7. The summed E-state index contributed by atoms with van der Waals surface area (Å²) in [7, 11) is 0.784. The van der Waals surface area contributed by atoms with Crippen LogP contribution in [0.2, 0.25) is 0 Å². The third-order valence-corrected chi connectivity index (χ3v) is 4.38. The van der Waals surface area contributed by atoms with Crippen molar-refractivity contribution in [2.75, 3.05) is 0 Å². The number of hydrogen-bond donors (Lipinski definition) is 0. The molecular weight excluding hydrogens is 288 g/mol. The van der Waals surface area contributed by atoms with E-state index in [-0.39, 0.29) is 12.0 Å². The zero-order chi connectivity index (χ0) is 13.7. The van der Waals surface area contributed by atoms with E-state index in [1.807, 2.05) is 0 Å². The van der Waals surface area contributed by atoms with E-state index >= 15 is 0 Å². The standard InChI is InChI=1S/C10H8ClF2NO3S/c1-10(5-8(15)14(10)18(11,16)17)6-3-2-4-7(12)9(6)13/h2-4H,5H2,1H3. The van der Waals surface area contributed by atoms with Gasteiger partial charge in [0, 0.05) is 16.2 Å². The predicted molar refractivity (Wildman–Crippen MR) is 59.9 cm³/mol. The summed E-state index contributed by atoms with van der Waals surface area (Å²) in [6, 6.07) is 3.36. The van der Waals surface area contributed by atoms with Crippen molar-refractivity contribution in [1.29, 1.82) is 0 Å². The van der Waals surface area contributed by atoms with Crippen LogP contribution in [-0.4, -0.2) is 18.6 Å². The molecule has 1 aliphatic heterocycles. The normalized spacial score (nSPS) is 24.0. The van der Waals surface area contributed by atoms with Gasteiger partial charge in [0.15, 0.2) is 11.6 Å². The second-order valence-corrected chi connectivity index (χ2v) is 6.51. The van der Waals surface area contributed by atoms with Crippen molar-refractivity contribution in [3.05, 3.63) is 35.4 Å². The maximum Gasteiger partial charge on any atom is 0.324 e. The van der Waals surface area contributed by atoms with Crippen LogP contribution in [0.25, 0.3) is 0 Å². The van der Waals surface area contributed by atoms with Gasteiger partial charge in [0.1, 0.15) is 0 Å². The highest BCUT2D eigenvalue weighted by molar-refractivity contribution is 8.12. The van der Waals surface area contributed by atoms with Crippen LogP contribution in [-0.2, 0) is 19.6 Å². The van der Waals surface area contributed by atoms with Gasteiger partial charge in [-0.15, -0.1) is 0 Å². The smallest absolute Gasteiger partial charge is 0.274 e. The van der Waals surface area contributed by atoms with Crippen molar-refractivity contribution < 1.29 is 22.0 Å². The molecule has 0 saturated carbocycles. The number of hydrogen-bond acceptors (Lipinski definition) is 3. The highest BCUT2D eigenvalue weighted by Crippen LogP contribution is 2.45. The highest BCUT2D eigenvalue weighted by atomic mass is 35.7. The van der Waals surface area contributed by atoms with Gasteiger partial charge < -0.3 is 0 Å². The van der Waals surface area contributed by atoms with Gasteiger partial charge in [-0.1, -0.05) is 12.1 Å². The Hall–Kier alpha value is -1.21. The molecule has 1 heterocycles. The first-order valence-corrected chi connectivity index (χ1v) is 7.17. The molecule has 4 nitrogen and oxygen atoms in total. The van der Waals surface area contributed by atoms with Crippen molar-refractivity contribution in [2.24, 2.45) is 0 Å². The first-order chi connectivity index (χ1) is 8.18. The van der Waals surface area contributed by atoms with E-state index in [4.69, 9.17) is 10.7 Å². The Morgan fingerprint density at radius 3 is 2.50 bits per heavy atom. The molecule has 0 N–H and O–H groups in total. The van der Waals surface area contributed by atoms with Gasteiger partial charge in [0.2, 0.25) is 5.91 Å². The molecule has 1 atom stereocenters. The zero-order valence-electron chi connectivity index (χ0n) is 9.15. The summed E-state index contributed by atoms with van der Waals surface area (Å²) < 4.78 is 49.7. The Balaban J connectivity index is 2.57. The minimum absolute atomic E-state index is 0.216. The van der Waals surface area contributed by atoms with E-state index in [1.54, 1.807) is 0 Å². The molecular formula is C10H8ClF2NO3S. The van der Waals surface area contributed by atoms with Crippen LogP contribution in [0.15, 0.2) is 18.2 Å². The van der Waals surface area contributed by atoms with Crippen LogP contribution in [0.5, 0.6) is 0 Å². The van der Waals surface area contributed by atoms with Gasteiger partial charge in [-0.25, -0.2) is 13.1 Å².